The van der Waals surface area contributed by atoms with Crippen molar-refractivity contribution in [3.63, 3.8) is 0 Å². The first-order valence-corrected chi connectivity index (χ1v) is 12.6. The number of halogens is 1. The number of alkyl halides is 1. The third-order valence-corrected chi connectivity index (χ3v) is 9.75. The molecule has 0 radical (unpaired) electrons. The highest BCUT2D eigenvalue weighted by Crippen LogP contribution is 2.71. The number of aliphatic hydroxyl groups excluding tert-OH is 2. The van der Waals surface area contributed by atoms with E-state index in [4.69, 9.17) is 4.74 Å². The fraction of sp³-hybridized carbons (Fsp3) is 0.741. The van der Waals surface area contributed by atoms with Gasteiger partial charge in [-0.05, 0) is 57.1 Å². The van der Waals surface area contributed by atoms with Crippen LogP contribution in [0.1, 0.15) is 72.6 Å². The topological polar surface area (TPSA) is 101 Å². The number of ketones is 2. The summed E-state index contributed by atoms with van der Waals surface area (Å²) in [5.41, 5.74) is -5.11. The van der Waals surface area contributed by atoms with Crippen LogP contribution < -0.4 is 0 Å². The molecule has 0 saturated heterocycles. The molecule has 3 saturated carbocycles. The Hall–Kier alpha value is -1.86. The van der Waals surface area contributed by atoms with Crippen LogP contribution in [0.2, 0.25) is 0 Å². The zero-order valence-corrected chi connectivity index (χ0v) is 20.6. The second-order valence-corrected chi connectivity index (χ2v) is 11.3. The summed E-state index contributed by atoms with van der Waals surface area (Å²) in [6.45, 7) is 6.55. The van der Waals surface area contributed by atoms with Crippen LogP contribution in [0.15, 0.2) is 23.8 Å². The number of ether oxygens (including phenoxy) is 1. The molecule has 0 aromatic carbocycles. The number of esters is 1. The summed E-state index contributed by atoms with van der Waals surface area (Å²) in [5.74, 6) is -2.62. The van der Waals surface area contributed by atoms with Gasteiger partial charge in [0.15, 0.2) is 17.1 Å². The third-order valence-electron chi connectivity index (χ3n) is 9.75. The fourth-order valence-corrected chi connectivity index (χ4v) is 8.07. The molecule has 3 fully saturated rings. The van der Waals surface area contributed by atoms with Gasteiger partial charge in [-0.15, -0.1) is 0 Å². The molecule has 0 bridgehead atoms. The second-order valence-electron chi connectivity index (χ2n) is 11.3. The van der Waals surface area contributed by atoms with Gasteiger partial charge in [0.05, 0.1) is 6.10 Å². The van der Waals surface area contributed by atoms with E-state index in [-0.39, 0.29) is 24.5 Å². The maximum atomic E-state index is 17.3. The van der Waals surface area contributed by atoms with E-state index in [0.717, 1.165) is 6.42 Å². The summed E-state index contributed by atoms with van der Waals surface area (Å²) in [7, 11) is 0. The lowest BCUT2D eigenvalue weighted by atomic mass is 9.44. The lowest BCUT2D eigenvalue weighted by molar-refractivity contribution is -0.228. The van der Waals surface area contributed by atoms with Gasteiger partial charge in [-0.3, -0.25) is 14.4 Å². The van der Waals surface area contributed by atoms with Crippen LogP contribution in [-0.4, -0.2) is 51.7 Å². The monoisotopic (exact) mass is 476 g/mol. The Morgan fingerprint density at radius 3 is 2.62 bits per heavy atom. The standard InChI is InChI=1S/C27H37FO6/c1-5-6-7-23(33)34-27(22(32)15-29)16(2)12-20-19-9-8-17-13-18(30)10-11-24(17,3)26(19,28)21(31)14-25(20,27)4/h10-11,13,16,19-21,29,31H,5-9,12,14-15H2,1-4H3/t16-,19?,20?,21-,24-,25-,26-,27-/m1/s1. The van der Waals surface area contributed by atoms with E-state index < -0.39 is 58.4 Å². The predicted molar refractivity (Wildman–Crippen MR) is 123 cm³/mol. The van der Waals surface area contributed by atoms with E-state index in [9.17, 15) is 24.6 Å². The number of carbonyl (C=O) groups excluding carboxylic acids is 3. The molecule has 2 unspecified atom stereocenters. The van der Waals surface area contributed by atoms with Gasteiger partial charge in [-0.25, -0.2) is 4.39 Å². The van der Waals surface area contributed by atoms with Gasteiger partial charge in [-0.1, -0.05) is 38.8 Å². The number of fused-ring (bicyclic) bond motifs is 5. The van der Waals surface area contributed by atoms with Crippen LogP contribution in [-0.2, 0) is 19.1 Å². The van der Waals surface area contributed by atoms with Crippen molar-refractivity contribution >= 4 is 17.5 Å². The Labute approximate surface area is 200 Å². The summed E-state index contributed by atoms with van der Waals surface area (Å²) in [6.07, 6.45) is 5.92. The van der Waals surface area contributed by atoms with Crippen molar-refractivity contribution in [1.82, 2.24) is 0 Å². The van der Waals surface area contributed by atoms with E-state index in [2.05, 4.69) is 0 Å². The number of hydrogen-bond acceptors (Lipinski definition) is 6. The highest BCUT2D eigenvalue weighted by atomic mass is 19.1. The van der Waals surface area contributed by atoms with Crippen LogP contribution in [0.25, 0.3) is 0 Å². The van der Waals surface area contributed by atoms with Gasteiger partial charge in [-0.2, -0.15) is 0 Å². The van der Waals surface area contributed by atoms with Crippen LogP contribution in [0.4, 0.5) is 4.39 Å². The normalized spacial score (nSPS) is 45.1. The minimum atomic E-state index is -2.03. The van der Waals surface area contributed by atoms with Crippen molar-refractivity contribution in [2.45, 2.75) is 90.0 Å². The number of unbranched alkanes of at least 4 members (excludes halogenated alkanes) is 1. The van der Waals surface area contributed by atoms with E-state index in [0.29, 0.717) is 31.3 Å². The van der Waals surface area contributed by atoms with E-state index >= 15 is 4.39 Å². The number of allylic oxidation sites excluding steroid dienone is 4. The number of Topliss-reactive ketones (excluding diaryl/α,β-unsaturated/α-hetero) is 1. The van der Waals surface area contributed by atoms with Gasteiger partial charge in [0.25, 0.3) is 0 Å². The molecular weight excluding hydrogens is 439 g/mol. The minimum absolute atomic E-state index is 0.0769. The largest absolute Gasteiger partial charge is 0.450 e. The van der Waals surface area contributed by atoms with E-state index in [1.807, 2.05) is 20.8 Å². The van der Waals surface area contributed by atoms with Crippen LogP contribution in [0, 0.1) is 28.6 Å². The Morgan fingerprint density at radius 2 is 1.97 bits per heavy atom. The van der Waals surface area contributed by atoms with Crippen molar-refractivity contribution in [1.29, 1.82) is 0 Å². The maximum absolute atomic E-state index is 17.3. The van der Waals surface area contributed by atoms with Gasteiger partial charge < -0.3 is 14.9 Å². The molecule has 0 amide bonds. The molecule has 0 aliphatic heterocycles. The first-order chi connectivity index (χ1) is 15.9. The quantitative estimate of drug-likeness (QED) is 0.568. The third kappa shape index (κ3) is 3.08. The average Bonchev–Trinajstić information content (AvgIpc) is 3.00. The Kier molecular flexibility index (Phi) is 6.21. The van der Waals surface area contributed by atoms with Crippen molar-refractivity contribution in [3.8, 4) is 0 Å². The van der Waals surface area contributed by atoms with Crippen molar-refractivity contribution in [3.05, 3.63) is 23.8 Å². The highest BCUT2D eigenvalue weighted by molar-refractivity contribution is 6.01. The number of hydrogen-bond donors (Lipinski definition) is 2. The van der Waals surface area contributed by atoms with Crippen molar-refractivity contribution in [2.24, 2.45) is 28.6 Å². The van der Waals surface area contributed by atoms with E-state index in [1.54, 1.807) is 13.0 Å². The summed E-state index contributed by atoms with van der Waals surface area (Å²) < 4.78 is 23.3. The molecule has 8 atom stereocenters. The maximum Gasteiger partial charge on any atom is 0.306 e. The molecule has 4 rings (SSSR count). The number of aliphatic hydroxyl groups is 2. The second kappa shape index (κ2) is 8.37. The summed E-state index contributed by atoms with van der Waals surface area (Å²) >= 11 is 0. The lowest BCUT2D eigenvalue weighted by Crippen LogP contribution is -2.70. The molecule has 34 heavy (non-hydrogen) atoms. The molecule has 0 spiro atoms. The summed E-state index contributed by atoms with van der Waals surface area (Å²) in [6, 6.07) is 0. The molecule has 4 aliphatic carbocycles. The summed E-state index contributed by atoms with van der Waals surface area (Å²) in [5, 5.41) is 21.4. The molecule has 0 aromatic rings. The molecule has 0 heterocycles. The number of carbonyl (C=O) groups is 3. The smallest absolute Gasteiger partial charge is 0.306 e. The minimum Gasteiger partial charge on any atom is -0.450 e. The van der Waals surface area contributed by atoms with Gasteiger partial charge in [0.2, 0.25) is 5.78 Å². The molecule has 6 nitrogen and oxygen atoms in total. The first kappa shape index (κ1) is 25.2. The Balaban J connectivity index is 1.80. The Bertz CT molecular complexity index is 957. The SMILES string of the molecule is CCCCC(=O)O[C@@]1(C(=O)CO)[C@H](C)CC2C3CCC4=CC(=O)C=C[C@@]4(C)[C@]3(F)[C@H](O)C[C@]21C. The van der Waals surface area contributed by atoms with Crippen molar-refractivity contribution in [2.75, 3.05) is 6.61 Å². The summed E-state index contributed by atoms with van der Waals surface area (Å²) in [4.78, 5) is 38.1. The zero-order valence-electron chi connectivity index (χ0n) is 20.6. The van der Waals surface area contributed by atoms with E-state index in [1.165, 1.54) is 12.2 Å². The fourth-order valence-electron chi connectivity index (χ4n) is 8.07. The molecule has 4 aliphatic rings. The van der Waals surface area contributed by atoms with Gasteiger partial charge >= 0.3 is 5.97 Å². The Morgan fingerprint density at radius 1 is 1.26 bits per heavy atom. The first-order valence-electron chi connectivity index (χ1n) is 12.6. The number of rotatable bonds is 6. The molecular formula is C27H37FO6. The molecule has 0 aromatic heterocycles. The molecule has 188 valence electrons. The zero-order chi connectivity index (χ0) is 25.1. The van der Waals surface area contributed by atoms with Gasteiger partial charge in [0, 0.05) is 29.1 Å². The van der Waals surface area contributed by atoms with Crippen molar-refractivity contribution < 1.29 is 33.7 Å². The average molecular weight is 477 g/mol. The highest BCUT2D eigenvalue weighted by Gasteiger charge is 2.77. The van der Waals surface area contributed by atoms with Crippen LogP contribution >= 0.6 is 0 Å². The lowest BCUT2D eigenvalue weighted by Gasteiger charge is -2.62. The predicted octanol–water partition coefficient (Wildman–Crippen LogP) is 3.64. The van der Waals surface area contributed by atoms with Crippen LogP contribution in [0.5, 0.6) is 0 Å². The molecule has 7 heteroatoms. The van der Waals surface area contributed by atoms with Crippen LogP contribution in [0.3, 0.4) is 0 Å². The molecule has 2 N–H and O–H groups in total. The van der Waals surface area contributed by atoms with Gasteiger partial charge in [0.1, 0.15) is 6.61 Å².